The summed E-state index contributed by atoms with van der Waals surface area (Å²) in [5.41, 5.74) is 5.93. The van der Waals surface area contributed by atoms with E-state index in [2.05, 4.69) is 5.32 Å². The summed E-state index contributed by atoms with van der Waals surface area (Å²) in [4.78, 5) is 26.4. The van der Waals surface area contributed by atoms with Gasteiger partial charge in [0.2, 0.25) is 5.91 Å². The molecule has 1 saturated heterocycles. The first-order chi connectivity index (χ1) is 10.5. The molecule has 1 aromatic carbocycles. The monoisotopic (exact) mass is 343 g/mol. The van der Waals surface area contributed by atoms with Crippen LogP contribution >= 0.6 is 23.2 Å². The highest BCUT2D eigenvalue weighted by Gasteiger charge is 2.31. The van der Waals surface area contributed by atoms with Gasteiger partial charge in [-0.05, 0) is 31.9 Å². The SMILES string of the molecule is CC(NC(=O)c1cccc(Cl)c1Cl)C(=O)N1CCCC1CN. The summed E-state index contributed by atoms with van der Waals surface area (Å²) in [5.74, 6) is -0.545. The van der Waals surface area contributed by atoms with Crippen LogP contribution in [0.1, 0.15) is 30.1 Å². The number of halogens is 2. The van der Waals surface area contributed by atoms with E-state index in [1.807, 2.05) is 0 Å². The van der Waals surface area contributed by atoms with E-state index >= 15 is 0 Å². The van der Waals surface area contributed by atoms with Crippen LogP contribution in [-0.4, -0.2) is 41.9 Å². The Morgan fingerprint density at radius 2 is 2.18 bits per heavy atom. The Kier molecular flexibility index (Phi) is 5.67. The molecule has 0 radical (unpaired) electrons. The molecule has 3 N–H and O–H groups in total. The predicted molar refractivity (Wildman–Crippen MR) is 87.2 cm³/mol. The van der Waals surface area contributed by atoms with E-state index in [1.54, 1.807) is 30.0 Å². The molecule has 5 nitrogen and oxygen atoms in total. The molecule has 7 heteroatoms. The van der Waals surface area contributed by atoms with Gasteiger partial charge in [-0.1, -0.05) is 29.3 Å². The van der Waals surface area contributed by atoms with Crippen molar-refractivity contribution in [2.24, 2.45) is 5.73 Å². The minimum absolute atomic E-state index is 0.0570. The highest BCUT2D eigenvalue weighted by atomic mass is 35.5. The van der Waals surface area contributed by atoms with Crippen molar-refractivity contribution in [1.82, 2.24) is 10.2 Å². The molecule has 2 atom stereocenters. The molecule has 2 amide bonds. The fourth-order valence-corrected chi connectivity index (χ4v) is 3.02. The molecule has 1 aliphatic heterocycles. The standard InChI is InChI=1S/C15H19Cl2N3O2/c1-9(15(22)20-7-3-4-10(20)8-18)19-14(21)11-5-2-6-12(16)13(11)17/h2,5-6,9-10H,3-4,7-8,18H2,1H3,(H,19,21). The molecule has 1 aliphatic rings. The molecule has 0 aromatic heterocycles. The maximum Gasteiger partial charge on any atom is 0.253 e. The van der Waals surface area contributed by atoms with E-state index in [4.69, 9.17) is 28.9 Å². The zero-order chi connectivity index (χ0) is 16.3. The zero-order valence-corrected chi connectivity index (χ0v) is 13.8. The number of rotatable bonds is 4. The largest absolute Gasteiger partial charge is 0.340 e. The lowest BCUT2D eigenvalue weighted by Gasteiger charge is -2.27. The molecule has 22 heavy (non-hydrogen) atoms. The molecule has 2 unspecified atom stereocenters. The maximum absolute atomic E-state index is 12.4. The van der Waals surface area contributed by atoms with Gasteiger partial charge in [0.25, 0.3) is 5.91 Å². The van der Waals surface area contributed by atoms with Gasteiger partial charge in [-0.25, -0.2) is 0 Å². The summed E-state index contributed by atoms with van der Waals surface area (Å²) in [6.07, 6.45) is 1.84. The molecule has 0 bridgehead atoms. The Morgan fingerprint density at radius 1 is 1.45 bits per heavy atom. The number of carbonyl (C=O) groups is 2. The summed E-state index contributed by atoms with van der Waals surface area (Å²) < 4.78 is 0. The van der Waals surface area contributed by atoms with Crippen LogP contribution in [0.3, 0.4) is 0 Å². The Labute approximate surface area is 139 Å². The first-order valence-corrected chi connectivity index (χ1v) is 7.96. The van der Waals surface area contributed by atoms with Crippen molar-refractivity contribution >= 4 is 35.0 Å². The quantitative estimate of drug-likeness (QED) is 0.878. The lowest BCUT2D eigenvalue weighted by atomic mass is 10.1. The molecule has 0 spiro atoms. The summed E-state index contributed by atoms with van der Waals surface area (Å²) in [5, 5.41) is 3.16. The molecule has 1 fully saturated rings. The van der Waals surface area contributed by atoms with Crippen LogP contribution in [0.4, 0.5) is 0 Å². The van der Waals surface area contributed by atoms with Gasteiger partial charge in [0, 0.05) is 19.1 Å². The van der Waals surface area contributed by atoms with E-state index in [1.165, 1.54) is 0 Å². The number of nitrogens with one attached hydrogen (secondary N) is 1. The van der Waals surface area contributed by atoms with Crippen molar-refractivity contribution < 1.29 is 9.59 Å². The fraction of sp³-hybridized carbons (Fsp3) is 0.467. The molecular weight excluding hydrogens is 325 g/mol. The third kappa shape index (κ3) is 3.54. The van der Waals surface area contributed by atoms with Gasteiger partial charge in [-0.3, -0.25) is 9.59 Å². The van der Waals surface area contributed by atoms with Crippen LogP contribution in [0, 0.1) is 0 Å². The van der Waals surface area contributed by atoms with Gasteiger partial charge >= 0.3 is 0 Å². The zero-order valence-electron chi connectivity index (χ0n) is 12.3. The molecule has 120 valence electrons. The van der Waals surface area contributed by atoms with Crippen LogP contribution in [0.5, 0.6) is 0 Å². The number of hydrogen-bond acceptors (Lipinski definition) is 3. The number of hydrogen-bond donors (Lipinski definition) is 2. The van der Waals surface area contributed by atoms with Crippen molar-refractivity contribution in [2.45, 2.75) is 31.8 Å². The van der Waals surface area contributed by atoms with Gasteiger partial charge < -0.3 is 16.0 Å². The van der Waals surface area contributed by atoms with E-state index in [-0.39, 0.29) is 22.5 Å². The lowest BCUT2D eigenvalue weighted by molar-refractivity contribution is -0.133. The fourth-order valence-electron chi connectivity index (χ4n) is 2.63. The Bertz CT molecular complexity index is 580. The van der Waals surface area contributed by atoms with Crippen LogP contribution in [0.2, 0.25) is 10.0 Å². The predicted octanol–water partition coefficient (Wildman–Crippen LogP) is 2.06. The first kappa shape index (κ1) is 17.1. The van der Waals surface area contributed by atoms with E-state index in [0.29, 0.717) is 18.1 Å². The highest BCUT2D eigenvalue weighted by Crippen LogP contribution is 2.25. The molecule has 1 aromatic rings. The number of nitrogens with two attached hydrogens (primary N) is 1. The second-order valence-electron chi connectivity index (χ2n) is 5.36. The average Bonchev–Trinajstić information content (AvgIpc) is 2.97. The average molecular weight is 344 g/mol. The number of carbonyl (C=O) groups excluding carboxylic acids is 2. The molecular formula is C15H19Cl2N3O2. The maximum atomic E-state index is 12.4. The molecule has 1 heterocycles. The molecule has 0 saturated carbocycles. The first-order valence-electron chi connectivity index (χ1n) is 7.21. The van der Waals surface area contributed by atoms with Crippen LogP contribution in [0.15, 0.2) is 18.2 Å². The second-order valence-corrected chi connectivity index (χ2v) is 6.15. The lowest BCUT2D eigenvalue weighted by Crippen LogP contribution is -2.50. The van der Waals surface area contributed by atoms with Crippen LogP contribution in [-0.2, 0) is 4.79 Å². The van der Waals surface area contributed by atoms with Gasteiger partial charge in [0.1, 0.15) is 6.04 Å². The van der Waals surface area contributed by atoms with Crippen LogP contribution < -0.4 is 11.1 Å². The van der Waals surface area contributed by atoms with Gasteiger partial charge in [-0.15, -0.1) is 0 Å². The molecule has 0 aliphatic carbocycles. The van der Waals surface area contributed by atoms with Gasteiger partial charge in [0.05, 0.1) is 15.6 Å². The third-order valence-electron chi connectivity index (χ3n) is 3.85. The van der Waals surface area contributed by atoms with Crippen LogP contribution in [0.25, 0.3) is 0 Å². The summed E-state index contributed by atoms with van der Waals surface area (Å²) in [6.45, 7) is 2.77. The van der Waals surface area contributed by atoms with Crippen molar-refractivity contribution in [1.29, 1.82) is 0 Å². The Morgan fingerprint density at radius 3 is 2.86 bits per heavy atom. The highest BCUT2D eigenvalue weighted by molar-refractivity contribution is 6.43. The smallest absolute Gasteiger partial charge is 0.253 e. The van der Waals surface area contributed by atoms with Crippen molar-refractivity contribution in [2.75, 3.05) is 13.1 Å². The van der Waals surface area contributed by atoms with E-state index < -0.39 is 11.9 Å². The Balaban J connectivity index is 2.05. The normalized spacial score (nSPS) is 19.1. The number of amides is 2. The summed E-state index contributed by atoms with van der Waals surface area (Å²) in [7, 11) is 0. The van der Waals surface area contributed by atoms with E-state index in [9.17, 15) is 9.59 Å². The number of likely N-dealkylation sites (tertiary alicyclic amines) is 1. The minimum Gasteiger partial charge on any atom is -0.340 e. The van der Waals surface area contributed by atoms with Crippen molar-refractivity contribution in [3.8, 4) is 0 Å². The molecule has 2 rings (SSSR count). The second kappa shape index (κ2) is 7.31. The number of nitrogens with zero attached hydrogens (tertiary/aromatic N) is 1. The summed E-state index contributed by atoms with van der Waals surface area (Å²) in [6, 6.07) is 4.22. The van der Waals surface area contributed by atoms with Crippen molar-refractivity contribution in [3.63, 3.8) is 0 Å². The third-order valence-corrected chi connectivity index (χ3v) is 4.67. The topological polar surface area (TPSA) is 75.4 Å². The minimum atomic E-state index is -0.644. The Hall–Kier alpha value is -1.30. The summed E-state index contributed by atoms with van der Waals surface area (Å²) >= 11 is 11.9. The van der Waals surface area contributed by atoms with Gasteiger partial charge in [-0.2, -0.15) is 0 Å². The number of benzene rings is 1. The van der Waals surface area contributed by atoms with Gasteiger partial charge in [0.15, 0.2) is 0 Å². The van der Waals surface area contributed by atoms with Crippen molar-refractivity contribution in [3.05, 3.63) is 33.8 Å². The van der Waals surface area contributed by atoms with E-state index in [0.717, 1.165) is 12.8 Å².